The van der Waals surface area contributed by atoms with Crippen LogP contribution in [-0.2, 0) is 0 Å². The van der Waals surface area contributed by atoms with Gasteiger partial charge >= 0.3 is 0 Å². The van der Waals surface area contributed by atoms with Gasteiger partial charge in [-0.25, -0.2) is 0 Å². The van der Waals surface area contributed by atoms with Crippen molar-refractivity contribution in [2.75, 3.05) is 5.32 Å². The van der Waals surface area contributed by atoms with Crippen molar-refractivity contribution in [1.82, 2.24) is 0 Å². The highest BCUT2D eigenvalue weighted by molar-refractivity contribution is 7.81. The van der Waals surface area contributed by atoms with Crippen molar-refractivity contribution >= 4 is 28.6 Å². The Labute approximate surface area is 116 Å². The number of nitro groups is 1. The lowest BCUT2D eigenvalue weighted by molar-refractivity contribution is -0.384. The first-order valence-corrected chi connectivity index (χ1v) is 6.09. The molecule has 96 valence electrons. The fourth-order valence-corrected chi connectivity index (χ4v) is 1.91. The molecule has 2 aromatic carbocycles. The molecule has 0 atom stereocenters. The van der Waals surface area contributed by atoms with E-state index in [0.29, 0.717) is 4.99 Å². The van der Waals surface area contributed by atoms with E-state index < -0.39 is 4.92 Å². The summed E-state index contributed by atoms with van der Waals surface area (Å²) in [6.45, 7) is 2.00. The zero-order valence-corrected chi connectivity index (χ0v) is 11.1. The number of rotatable bonds is 3. The Bertz CT molecular complexity index is 624. The third kappa shape index (κ3) is 3.35. The molecule has 2 aromatic rings. The maximum Gasteiger partial charge on any atom is 0.269 e. The van der Waals surface area contributed by atoms with Crippen LogP contribution in [0.1, 0.15) is 11.1 Å². The SMILES string of the molecule is Cc1cccc(NC(=S)c2ccc([N+](=O)[O-])cc2)c1. The molecule has 0 amide bonds. The van der Waals surface area contributed by atoms with E-state index >= 15 is 0 Å². The number of hydrogen-bond acceptors (Lipinski definition) is 3. The number of anilines is 1. The molecule has 2 rings (SSSR count). The van der Waals surface area contributed by atoms with Crippen LogP contribution in [0.2, 0.25) is 0 Å². The molecule has 0 aliphatic carbocycles. The molecule has 19 heavy (non-hydrogen) atoms. The number of hydrogen-bond donors (Lipinski definition) is 1. The number of thiocarbonyl (C=S) groups is 1. The van der Waals surface area contributed by atoms with Gasteiger partial charge < -0.3 is 5.32 Å². The highest BCUT2D eigenvalue weighted by Crippen LogP contribution is 2.15. The van der Waals surface area contributed by atoms with Crippen molar-refractivity contribution in [3.63, 3.8) is 0 Å². The Balaban J connectivity index is 2.14. The second kappa shape index (κ2) is 5.58. The smallest absolute Gasteiger partial charge is 0.269 e. The van der Waals surface area contributed by atoms with E-state index in [0.717, 1.165) is 16.8 Å². The van der Waals surface area contributed by atoms with E-state index in [4.69, 9.17) is 12.2 Å². The van der Waals surface area contributed by atoms with Crippen molar-refractivity contribution in [2.24, 2.45) is 0 Å². The Hall–Kier alpha value is -2.27. The van der Waals surface area contributed by atoms with Crippen LogP contribution in [0.5, 0.6) is 0 Å². The molecular weight excluding hydrogens is 260 g/mol. The molecule has 0 bridgehead atoms. The summed E-state index contributed by atoms with van der Waals surface area (Å²) < 4.78 is 0. The second-order valence-corrected chi connectivity index (χ2v) is 4.54. The number of nitro benzene ring substituents is 1. The van der Waals surface area contributed by atoms with E-state index in [2.05, 4.69) is 5.32 Å². The quantitative estimate of drug-likeness (QED) is 0.526. The van der Waals surface area contributed by atoms with Crippen LogP contribution in [0, 0.1) is 17.0 Å². The molecule has 0 unspecified atom stereocenters. The summed E-state index contributed by atoms with van der Waals surface area (Å²) in [6, 6.07) is 14.0. The highest BCUT2D eigenvalue weighted by Gasteiger charge is 2.07. The molecule has 4 nitrogen and oxygen atoms in total. The van der Waals surface area contributed by atoms with E-state index in [9.17, 15) is 10.1 Å². The number of benzene rings is 2. The van der Waals surface area contributed by atoms with E-state index in [1.807, 2.05) is 31.2 Å². The maximum atomic E-state index is 10.6. The fraction of sp³-hybridized carbons (Fsp3) is 0.0714. The Morgan fingerprint density at radius 2 is 1.89 bits per heavy atom. The third-order valence-corrected chi connectivity index (χ3v) is 2.95. The molecular formula is C14H12N2O2S. The summed E-state index contributed by atoms with van der Waals surface area (Å²) in [5, 5.41) is 13.7. The molecule has 0 heterocycles. The molecule has 0 aromatic heterocycles. The summed E-state index contributed by atoms with van der Waals surface area (Å²) in [5.41, 5.74) is 2.85. The molecule has 1 N–H and O–H groups in total. The average Bonchev–Trinajstić information content (AvgIpc) is 2.39. The first-order chi connectivity index (χ1) is 9.06. The van der Waals surface area contributed by atoms with Crippen LogP contribution < -0.4 is 5.32 Å². The van der Waals surface area contributed by atoms with Gasteiger partial charge in [0.15, 0.2) is 0 Å². The van der Waals surface area contributed by atoms with E-state index in [1.165, 1.54) is 12.1 Å². The fourth-order valence-electron chi connectivity index (χ4n) is 1.66. The predicted octanol–water partition coefficient (Wildman–Crippen LogP) is 3.69. The van der Waals surface area contributed by atoms with Gasteiger partial charge in [-0.1, -0.05) is 24.4 Å². The van der Waals surface area contributed by atoms with Crippen LogP contribution >= 0.6 is 12.2 Å². The van der Waals surface area contributed by atoms with Crippen molar-refractivity contribution < 1.29 is 4.92 Å². The van der Waals surface area contributed by atoms with Gasteiger partial charge in [-0.15, -0.1) is 0 Å². The van der Waals surface area contributed by atoms with Gasteiger partial charge in [-0.2, -0.15) is 0 Å². The minimum atomic E-state index is -0.430. The molecule has 0 radical (unpaired) electrons. The summed E-state index contributed by atoms with van der Waals surface area (Å²) in [5.74, 6) is 0. The van der Waals surface area contributed by atoms with Crippen molar-refractivity contribution in [3.05, 3.63) is 69.8 Å². The van der Waals surface area contributed by atoms with Crippen molar-refractivity contribution in [1.29, 1.82) is 0 Å². The Kier molecular flexibility index (Phi) is 3.87. The van der Waals surface area contributed by atoms with Gasteiger partial charge in [0.2, 0.25) is 0 Å². The number of aryl methyl sites for hydroxylation is 1. The largest absolute Gasteiger partial charge is 0.346 e. The molecule has 0 saturated carbocycles. The monoisotopic (exact) mass is 272 g/mol. The van der Waals surface area contributed by atoms with E-state index in [-0.39, 0.29) is 5.69 Å². The predicted molar refractivity (Wildman–Crippen MR) is 79.6 cm³/mol. The van der Waals surface area contributed by atoms with Gasteiger partial charge in [0.25, 0.3) is 5.69 Å². The molecule has 0 aliphatic rings. The topological polar surface area (TPSA) is 55.2 Å². The average molecular weight is 272 g/mol. The van der Waals surface area contributed by atoms with Crippen molar-refractivity contribution in [3.8, 4) is 0 Å². The zero-order chi connectivity index (χ0) is 13.8. The lowest BCUT2D eigenvalue weighted by Gasteiger charge is -2.08. The number of nitrogens with one attached hydrogen (secondary N) is 1. The minimum Gasteiger partial charge on any atom is -0.346 e. The second-order valence-electron chi connectivity index (χ2n) is 4.13. The summed E-state index contributed by atoms with van der Waals surface area (Å²) >= 11 is 5.27. The summed E-state index contributed by atoms with van der Waals surface area (Å²) in [7, 11) is 0. The van der Waals surface area contributed by atoms with Gasteiger partial charge in [-0.3, -0.25) is 10.1 Å². The minimum absolute atomic E-state index is 0.0575. The lowest BCUT2D eigenvalue weighted by atomic mass is 10.2. The lowest BCUT2D eigenvalue weighted by Crippen LogP contribution is -2.10. The Morgan fingerprint density at radius 3 is 2.47 bits per heavy atom. The van der Waals surface area contributed by atoms with Gasteiger partial charge in [0, 0.05) is 23.4 Å². The van der Waals surface area contributed by atoms with Gasteiger partial charge in [0.05, 0.1) is 4.92 Å². The molecule has 0 saturated heterocycles. The van der Waals surface area contributed by atoms with Crippen LogP contribution in [-0.4, -0.2) is 9.91 Å². The van der Waals surface area contributed by atoms with Crippen LogP contribution in [0.15, 0.2) is 48.5 Å². The Morgan fingerprint density at radius 1 is 1.21 bits per heavy atom. The van der Waals surface area contributed by atoms with Gasteiger partial charge in [-0.05, 0) is 36.8 Å². The third-order valence-electron chi connectivity index (χ3n) is 2.62. The standard InChI is InChI=1S/C14H12N2O2S/c1-10-3-2-4-12(9-10)15-14(19)11-5-7-13(8-6-11)16(17)18/h2-9H,1H3,(H,15,19). The van der Waals surface area contributed by atoms with Crippen LogP contribution in [0.4, 0.5) is 11.4 Å². The first kappa shape index (κ1) is 13.2. The molecule has 0 aliphatic heterocycles. The zero-order valence-electron chi connectivity index (χ0n) is 10.3. The normalized spacial score (nSPS) is 9.95. The van der Waals surface area contributed by atoms with Crippen LogP contribution in [0.3, 0.4) is 0 Å². The van der Waals surface area contributed by atoms with Crippen LogP contribution in [0.25, 0.3) is 0 Å². The first-order valence-electron chi connectivity index (χ1n) is 5.69. The molecule has 5 heteroatoms. The number of non-ortho nitro benzene ring substituents is 1. The van der Waals surface area contributed by atoms with E-state index in [1.54, 1.807) is 12.1 Å². The maximum absolute atomic E-state index is 10.6. The summed E-state index contributed by atoms with van der Waals surface area (Å²) in [4.78, 5) is 10.7. The van der Waals surface area contributed by atoms with Crippen molar-refractivity contribution in [2.45, 2.75) is 6.92 Å². The number of nitrogens with zero attached hydrogens (tertiary/aromatic N) is 1. The molecule has 0 fully saturated rings. The summed E-state index contributed by atoms with van der Waals surface area (Å²) in [6.07, 6.45) is 0. The van der Waals surface area contributed by atoms with Gasteiger partial charge in [0.1, 0.15) is 4.99 Å². The molecule has 0 spiro atoms. The highest BCUT2D eigenvalue weighted by atomic mass is 32.1.